The Morgan fingerprint density at radius 2 is 1.76 bits per heavy atom. The van der Waals surface area contributed by atoms with E-state index in [-0.39, 0.29) is 23.1 Å². The number of amides is 1. The molecule has 1 amide bonds. The van der Waals surface area contributed by atoms with Crippen molar-refractivity contribution in [3.8, 4) is 0 Å². The minimum absolute atomic E-state index is 0.109. The van der Waals surface area contributed by atoms with E-state index in [0.29, 0.717) is 16.8 Å². The number of ketones is 1. The van der Waals surface area contributed by atoms with E-state index in [1.165, 1.54) is 30.0 Å². The SMILES string of the molecule is Cc1ccccc1C(=O)Nc1cccc(SCC(=O)c2cccc([N+](=O)[O-])c2)c1. The number of benzene rings is 3. The first kappa shape index (κ1) is 20.3. The summed E-state index contributed by atoms with van der Waals surface area (Å²) in [5, 5.41) is 13.7. The average molecular weight is 406 g/mol. The van der Waals surface area contributed by atoms with Crippen molar-refractivity contribution < 1.29 is 14.5 Å². The number of nitro groups is 1. The fourth-order valence-corrected chi connectivity index (χ4v) is 3.56. The van der Waals surface area contributed by atoms with Crippen LogP contribution in [0.2, 0.25) is 0 Å². The zero-order valence-corrected chi connectivity index (χ0v) is 16.4. The quantitative estimate of drug-likeness (QED) is 0.254. The van der Waals surface area contributed by atoms with Gasteiger partial charge in [-0.3, -0.25) is 19.7 Å². The van der Waals surface area contributed by atoms with Crippen molar-refractivity contribution in [1.29, 1.82) is 0 Å². The smallest absolute Gasteiger partial charge is 0.270 e. The maximum atomic E-state index is 12.5. The number of nitro benzene ring substituents is 1. The molecule has 3 aromatic rings. The van der Waals surface area contributed by atoms with Crippen LogP contribution in [0.4, 0.5) is 11.4 Å². The molecular weight excluding hydrogens is 388 g/mol. The number of Topliss-reactive ketones (excluding diaryl/α,β-unsaturated/α-hetero) is 1. The molecule has 0 heterocycles. The van der Waals surface area contributed by atoms with E-state index in [2.05, 4.69) is 5.32 Å². The first-order valence-corrected chi connectivity index (χ1v) is 9.80. The Bertz CT molecular complexity index is 1080. The van der Waals surface area contributed by atoms with Gasteiger partial charge in [-0.2, -0.15) is 0 Å². The minimum atomic E-state index is -0.523. The number of hydrogen-bond acceptors (Lipinski definition) is 5. The van der Waals surface area contributed by atoms with E-state index in [1.54, 1.807) is 30.3 Å². The molecular formula is C22H18N2O4S. The number of hydrogen-bond donors (Lipinski definition) is 1. The molecule has 0 aliphatic carbocycles. The summed E-state index contributed by atoms with van der Waals surface area (Å²) in [6.07, 6.45) is 0. The van der Waals surface area contributed by atoms with Crippen molar-refractivity contribution in [3.63, 3.8) is 0 Å². The number of nitrogens with zero attached hydrogens (tertiary/aromatic N) is 1. The molecule has 7 heteroatoms. The van der Waals surface area contributed by atoms with E-state index >= 15 is 0 Å². The Labute approximate surface area is 172 Å². The third kappa shape index (κ3) is 5.30. The second-order valence-corrected chi connectivity index (χ2v) is 7.36. The molecule has 29 heavy (non-hydrogen) atoms. The number of anilines is 1. The van der Waals surface area contributed by atoms with Crippen LogP contribution in [0.3, 0.4) is 0 Å². The summed E-state index contributed by atoms with van der Waals surface area (Å²) < 4.78 is 0. The van der Waals surface area contributed by atoms with Gasteiger partial charge in [0, 0.05) is 33.8 Å². The lowest BCUT2D eigenvalue weighted by Crippen LogP contribution is -2.13. The highest BCUT2D eigenvalue weighted by molar-refractivity contribution is 8.00. The fraction of sp³-hybridized carbons (Fsp3) is 0.0909. The summed E-state index contributed by atoms with van der Waals surface area (Å²) in [6.45, 7) is 1.88. The summed E-state index contributed by atoms with van der Waals surface area (Å²) in [4.78, 5) is 36.0. The lowest BCUT2D eigenvalue weighted by Gasteiger charge is -2.09. The second-order valence-electron chi connectivity index (χ2n) is 6.32. The third-order valence-corrected chi connectivity index (χ3v) is 5.22. The van der Waals surface area contributed by atoms with E-state index in [9.17, 15) is 19.7 Å². The molecule has 3 aromatic carbocycles. The molecule has 0 aromatic heterocycles. The Balaban J connectivity index is 1.65. The van der Waals surface area contributed by atoms with E-state index in [4.69, 9.17) is 0 Å². The summed E-state index contributed by atoms with van der Waals surface area (Å²) in [7, 11) is 0. The molecule has 146 valence electrons. The monoisotopic (exact) mass is 406 g/mol. The van der Waals surface area contributed by atoms with Crippen molar-refractivity contribution >= 4 is 34.8 Å². The lowest BCUT2D eigenvalue weighted by atomic mass is 10.1. The van der Waals surface area contributed by atoms with Crippen LogP contribution in [-0.4, -0.2) is 22.4 Å². The van der Waals surface area contributed by atoms with Gasteiger partial charge in [-0.1, -0.05) is 36.4 Å². The number of carbonyl (C=O) groups is 2. The van der Waals surface area contributed by atoms with Crippen LogP contribution >= 0.6 is 11.8 Å². The summed E-state index contributed by atoms with van der Waals surface area (Å²) in [5.41, 5.74) is 2.31. The third-order valence-electron chi connectivity index (χ3n) is 4.23. The minimum Gasteiger partial charge on any atom is -0.322 e. The number of carbonyl (C=O) groups excluding carboxylic acids is 2. The Morgan fingerprint density at radius 3 is 2.52 bits per heavy atom. The molecule has 0 fully saturated rings. The maximum Gasteiger partial charge on any atom is 0.270 e. The van der Waals surface area contributed by atoms with Gasteiger partial charge < -0.3 is 5.32 Å². The highest BCUT2D eigenvalue weighted by atomic mass is 32.2. The highest BCUT2D eigenvalue weighted by Crippen LogP contribution is 2.24. The van der Waals surface area contributed by atoms with Gasteiger partial charge in [0.05, 0.1) is 10.7 Å². The van der Waals surface area contributed by atoms with Crippen LogP contribution in [0.25, 0.3) is 0 Å². The van der Waals surface area contributed by atoms with Gasteiger partial charge >= 0.3 is 0 Å². The Hall–Kier alpha value is -3.45. The van der Waals surface area contributed by atoms with Gasteiger partial charge in [-0.05, 0) is 36.8 Å². The summed E-state index contributed by atoms with van der Waals surface area (Å²) >= 11 is 1.31. The predicted octanol–water partition coefficient (Wildman–Crippen LogP) is 5.13. The van der Waals surface area contributed by atoms with Crippen LogP contribution < -0.4 is 5.32 Å². The van der Waals surface area contributed by atoms with Crippen LogP contribution in [0.1, 0.15) is 26.3 Å². The standard InChI is InChI=1S/C22H18N2O4S/c1-15-6-2-3-11-20(15)22(26)23-17-8-5-10-19(13-17)29-14-21(25)16-7-4-9-18(12-16)24(27)28/h2-13H,14H2,1H3,(H,23,26). The summed E-state index contributed by atoms with van der Waals surface area (Å²) in [6, 6.07) is 20.2. The average Bonchev–Trinajstić information content (AvgIpc) is 2.72. The number of thioether (sulfide) groups is 1. The largest absolute Gasteiger partial charge is 0.322 e. The molecule has 0 aliphatic heterocycles. The molecule has 0 unspecified atom stereocenters. The van der Waals surface area contributed by atoms with E-state index < -0.39 is 4.92 Å². The highest BCUT2D eigenvalue weighted by Gasteiger charge is 2.13. The van der Waals surface area contributed by atoms with Crippen molar-refractivity contribution in [3.05, 3.63) is 99.6 Å². The Morgan fingerprint density at radius 1 is 1.00 bits per heavy atom. The van der Waals surface area contributed by atoms with Crippen LogP contribution in [-0.2, 0) is 0 Å². The van der Waals surface area contributed by atoms with Gasteiger partial charge in [0.15, 0.2) is 5.78 Å². The zero-order valence-electron chi connectivity index (χ0n) is 15.6. The van der Waals surface area contributed by atoms with Crippen molar-refractivity contribution in [2.24, 2.45) is 0 Å². The number of aryl methyl sites for hydroxylation is 1. The molecule has 0 saturated carbocycles. The van der Waals surface area contributed by atoms with Crippen molar-refractivity contribution in [2.75, 3.05) is 11.1 Å². The van der Waals surface area contributed by atoms with Crippen LogP contribution in [0.15, 0.2) is 77.7 Å². The maximum absolute atomic E-state index is 12.5. The van der Waals surface area contributed by atoms with Crippen molar-refractivity contribution in [1.82, 2.24) is 0 Å². The van der Waals surface area contributed by atoms with Gasteiger partial charge in [-0.25, -0.2) is 0 Å². The number of non-ortho nitro benzene ring substituents is 1. The molecule has 0 bridgehead atoms. The molecule has 0 radical (unpaired) electrons. The molecule has 0 saturated heterocycles. The van der Waals surface area contributed by atoms with E-state index in [1.807, 2.05) is 31.2 Å². The van der Waals surface area contributed by atoms with Gasteiger partial charge in [-0.15, -0.1) is 11.8 Å². The predicted molar refractivity (Wildman–Crippen MR) is 114 cm³/mol. The van der Waals surface area contributed by atoms with Gasteiger partial charge in [0.2, 0.25) is 0 Å². The zero-order chi connectivity index (χ0) is 20.8. The van der Waals surface area contributed by atoms with Gasteiger partial charge in [0.1, 0.15) is 0 Å². The topological polar surface area (TPSA) is 89.3 Å². The number of rotatable bonds is 7. The molecule has 3 rings (SSSR count). The summed E-state index contributed by atoms with van der Waals surface area (Å²) in [5.74, 6) is -0.262. The molecule has 6 nitrogen and oxygen atoms in total. The fourth-order valence-electron chi connectivity index (χ4n) is 2.71. The lowest BCUT2D eigenvalue weighted by molar-refractivity contribution is -0.384. The second kappa shape index (κ2) is 9.16. The number of nitrogens with one attached hydrogen (secondary N) is 1. The first-order valence-electron chi connectivity index (χ1n) is 8.81. The Kier molecular flexibility index (Phi) is 6.41. The van der Waals surface area contributed by atoms with Crippen LogP contribution in [0, 0.1) is 17.0 Å². The first-order chi connectivity index (χ1) is 13.9. The normalized spacial score (nSPS) is 10.4. The van der Waals surface area contributed by atoms with Crippen molar-refractivity contribution in [2.45, 2.75) is 11.8 Å². The molecule has 0 aliphatic rings. The van der Waals surface area contributed by atoms with Gasteiger partial charge in [0.25, 0.3) is 11.6 Å². The molecule has 0 atom stereocenters. The van der Waals surface area contributed by atoms with Crippen LogP contribution in [0.5, 0.6) is 0 Å². The molecule has 0 spiro atoms. The molecule has 1 N–H and O–H groups in total. The van der Waals surface area contributed by atoms with E-state index in [0.717, 1.165) is 10.5 Å².